The number of ether oxygens (including phenoxy) is 1. The van der Waals surface area contributed by atoms with Crippen molar-refractivity contribution in [2.24, 2.45) is 5.92 Å². The van der Waals surface area contributed by atoms with Crippen molar-refractivity contribution in [2.75, 3.05) is 7.11 Å². The van der Waals surface area contributed by atoms with Crippen molar-refractivity contribution in [1.82, 2.24) is 0 Å². The van der Waals surface area contributed by atoms with Gasteiger partial charge in [0.2, 0.25) is 0 Å². The Morgan fingerprint density at radius 1 is 1.19 bits per heavy atom. The number of esters is 1. The molecule has 0 bridgehead atoms. The maximum absolute atomic E-state index is 11.3. The maximum Gasteiger partial charge on any atom is 0.308 e. The van der Waals surface area contributed by atoms with Crippen molar-refractivity contribution in [3.8, 4) is 0 Å². The van der Waals surface area contributed by atoms with Gasteiger partial charge in [-0.1, -0.05) is 45.0 Å². The Labute approximate surface area is 97.6 Å². The molecule has 0 aliphatic carbocycles. The first kappa shape index (κ1) is 12.8. The minimum absolute atomic E-state index is 0.0742. The monoisotopic (exact) mass is 220 g/mol. The molecule has 0 aliphatic heterocycles. The van der Waals surface area contributed by atoms with Crippen LogP contribution in [0.1, 0.15) is 37.8 Å². The molecule has 0 heterocycles. The predicted octanol–water partition coefficient (Wildman–Crippen LogP) is 3.16. The first-order valence-electron chi connectivity index (χ1n) is 5.71. The lowest BCUT2D eigenvalue weighted by molar-refractivity contribution is -0.144. The van der Waals surface area contributed by atoms with Crippen LogP contribution in [0, 0.1) is 5.92 Å². The number of benzene rings is 1. The Bertz CT molecular complexity index is 338. The van der Waals surface area contributed by atoms with Crippen LogP contribution in [0.3, 0.4) is 0 Å². The van der Waals surface area contributed by atoms with Gasteiger partial charge in [-0.25, -0.2) is 0 Å². The molecule has 0 amide bonds. The molecule has 0 fully saturated rings. The minimum atomic E-state index is -0.145. The van der Waals surface area contributed by atoms with E-state index in [1.54, 1.807) is 0 Å². The molecule has 0 aliphatic rings. The summed E-state index contributed by atoms with van der Waals surface area (Å²) in [5.41, 5.74) is 2.51. The Morgan fingerprint density at radius 3 is 2.19 bits per heavy atom. The van der Waals surface area contributed by atoms with Gasteiger partial charge in [0, 0.05) is 0 Å². The normalized spacial score (nSPS) is 12.6. The summed E-state index contributed by atoms with van der Waals surface area (Å²) in [6.07, 6.45) is 0.741. The molecule has 1 atom stereocenters. The van der Waals surface area contributed by atoms with Crippen molar-refractivity contribution in [1.29, 1.82) is 0 Å². The van der Waals surface area contributed by atoms with Gasteiger partial charge in [0.05, 0.1) is 13.0 Å². The van der Waals surface area contributed by atoms with E-state index in [4.69, 9.17) is 4.74 Å². The highest BCUT2D eigenvalue weighted by atomic mass is 16.5. The third-order valence-electron chi connectivity index (χ3n) is 2.79. The largest absolute Gasteiger partial charge is 0.469 e. The Balaban J connectivity index is 2.65. The van der Waals surface area contributed by atoms with E-state index in [9.17, 15) is 4.79 Å². The van der Waals surface area contributed by atoms with E-state index in [0.717, 1.165) is 6.42 Å². The van der Waals surface area contributed by atoms with Gasteiger partial charge < -0.3 is 4.74 Å². The Hall–Kier alpha value is -1.31. The summed E-state index contributed by atoms with van der Waals surface area (Å²) in [7, 11) is 1.43. The van der Waals surface area contributed by atoms with Gasteiger partial charge >= 0.3 is 5.97 Å². The van der Waals surface area contributed by atoms with Gasteiger partial charge in [0.25, 0.3) is 0 Å². The summed E-state index contributed by atoms with van der Waals surface area (Å²) in [5, 5.41) is 0. The molecule has 0 aromatic heterocycles. The average Bonchev–Trinajstić information content (AvgIpc) is 2.28. The van der Waals surface area contributed by atoms with Crippen LogP contribution >= 0.6 is 0 Å². The molecule has 0 spiro atoms. The van der Waals surface area contributed by atoms with E-state index < -0.39 is 0 Å². The first-order valence-corrected chi connectivity index (χ1v) is 5.71. The van der Waals surface area contributed by atoms with Crippen LogP contribution in [0.4, 0.5) is 0 Å². The number of carbonyl (C=O) groups excluding carboxylic acids is 1. The topological polar surface area (TPSA) is 26.3 Å². The zero-order chi connectivity index (χ0) is 12.1. The summed E-state index contributed by atoms with van der Waals surface area (Å²) in [6, 6.07) is 8.44. The van der Waals surface area contributed by atoms with E-state index in [1.165, 1.54) is 18.2 Å². The second-order valence-electron chi connectivity index (χ2n) is 4.52. The van der Waals surface area contributed by atoms with Crippen LogP contribution in [0.25, 0.3) is 0 Å². The summed E-state index contributed by atoms with van der Waals surface area (Å²) >= 11 is 0. The van der Waals surface area contributed by atoms with E-state index in [-0.39, 0.29) is 11.9 Å². The van der Waals surface area contributed by atoms with Gasteiger partial charge in [-0.05, 0) is 23.5 Å². The SMILES string of the molecule is COC(=O)C(C)Cc1ccc(C(C)C)cc1. The van der Waals surface area contributed by atoms with Crippen LogP contribution in [0.15, 0.2) is 24.3 Å². The summed E-state index contributed by atoms with van der Waals surface area (Å²) in [5.74, 6) is 0.329. The zero-order valence-corrected chi connectivity index (χ0v) is 10.5. The molecule has 1 rings (SSSR count). The lowest BCUT2D eigenvalue weighted by Gasteiger charge is -2.10. The molecule has 1 unspecified atom stereocenters. The van der Waals surface area contributed by atoms with Gasteiger partial charge in [-0.2, -0.15) is 0 Å². The first-order chi connectivity index (χ1) is 7.54. The number of hydrogen-bond donors (Lipinski definition) is 0. The van der Waals surface area contributed by atoms with Crippen molar-refractivity contribution < 1.29 is 9.53 Å². The third kappa shape index (κ3) is 3.37. The fourth-order valence-corrected chi connectivity index (χ4v) is 1.68. The highest BCUT2D eigenvalue weighted by molar-refractivity contribution is 5.72. The van der Waals surface area contributed by atoms with E-state index >= 15 is 0 Å². The molecule has 16 heavy (non-hydrogen) atoms. The van der Waals surface area contributed by atoms with Gasteiger partial charge in [-0.15, -0.1) is 0 Å². The van der Waals surface area contributed by atoms with Crippen LogP contribution in [0.5, 0.6) is 0 Å². The highest BCUT2D eigenvalue weighted by Crippen LogP contribution is 2.16. The van der Waals surface area contributed by atoms with Crippen molar-refractivity contribution in [3.05, 3.63) is 35.4 Å². The number of rotatable bonds is 4. The van der Waals surface area contributed by atoms with Crippen molar-refractivity contribution in [3.63, 3.8) is 0 Å². The summed E-state index contributed by atoms with van der Waals surface area (Å²) in [6.45, 7) is 6.24. The molecule has 2 nitrogen and oxygen atoms in total. The molecule has 0 saturated carbocycles. The van der Waals surface area contributed by atoms with E-state index in [0.29, 0.717) is 5.92 Å². The Kier molecular flexibility index (Phi) is 4.53. The summed E-state index contributed by atoms with van der Waals surface area (Å²) < 4.78 is 4.71. The second-order valence-corrected chi connectivity index (χ2v) is 4.52. The van der Waals surface area contributed by atoms with Crippen LogP contribution < -0.4 is 0 Å². The lowest BCUT2D eigenvalue weighted by Crippen LogP contribution is -2.15. The van der Waals surface area contributed by atoms with Gasteiger partial charge in [-0.3, -0.25) is 4.79 Å². The third-order valence-corrected chi connectivity index (χ3v) is 2.79. The molecule has 0 radical (unpaired) electrons. The zero-order valence-electron chi connectivity index (χ0n) is 10.5. The number of methoxy groups -OCH3 is 1. The number of carbonyl (C=O) groups is 1. The minimum Gasteiger partial charge on any atom is -0.469 e. The van der Waals surface area contributed by atoms with Gasteiger partial charge in [0.15, 0.2) is 0 Å². The molecule has 1 aromatic carbocycles. The highest BCUT2D eigenvalue weighted by Gasteiger charge is 2.13. The average molecular weight is 220 g/mol. The lowest BCUT2D eigenvalue weighted by atomic mass is 9.97. The maximum atomic E-state index is 11.3. The fourth-order valence-electron chi connectivity index (χ4n) is 1.68. The van der Waals surface area contributed by atoms with Crippen LogP contribution in [-0.2, 0) is 16.0 Å². The molecular weight excluding hydrogens is 200 g/mol. The van der Waals surface area contributed by atoms with E-state index in [2.05, 4.69) is 38.1 Å². The molecule has 1 aromatic rings. The fraction of sp³-hybridized carbons (Fsp3) is 0.500. The quantitative estimate of drug-likeness (QED) is 0.728. The predicted molar refractivity (Wildman–Crippen MR) is 65.4 cm³/mol. The molecule has 0 saturated heterocycles. The van der Waals surface area contributed by atoms with Gasteiger partial charge in [0.1, 0.15) is 0 Å². The molecule has 0 N–H and O–H groups in total. The van der Waals surface area contributed by atoms with Crippen molar-refractivity contribution in [2.45, 2.75) is 33.1 Å². The Morgan fingerprint density at radius 2 is 1.75 bits per heavy atom. The van der Waals surface area contributed by atoms with E-state index in [1.807, 2.05) is 6.92 Å². The summed E-state index contributed by atoms with van der Waals surface area (Å²) in [4.78, 5) is 11.3. The van der Waals surface area contributed by atoms with Crippen molar-refractivity contribution >= 4 is 5.97 Å². The number of hydrogen-bond acceptors (Lipinski definition) is 2. The van der Waals surface area contributed by atoms with Crippen LogP contribution in [0.2, 0.25) is 0 Å². The van der Waals surface area contributed by atoms with Crippen LogP contribution in [-0.4, -0.2) is 13.1 Å². The standard InChI is InChI=1S/C14H20O2/c1-10(2)13-7-5-12(6-8-13)9-11(3)14(15)16-4/h5-8,10-11H,9H2,1-4H3. The second kappa shape index (κ2) is 5.69. The molecule has 2 heteroatoms. The molecular formula is C14H20O2. The molecule has 88 valence electrons. The smallest absolute Gasteiger partial charge is 0.308 e.